The molecule has 24 heavy (non-hydrogen) atoms. The monoisotopic (exact) mass is 344 g/mol. The third-order valence-corrected chi connectivity index (χ3v) is 3.93. The molecule has 2 heterocycles. The summed E-state index contributed by atoms with van der Waals surface area (Å²) in [6, 6.07) is -2.17. The highest BCUT2D eigenvalue weighted by Crippen LogP contribution is 2.25. The van der Waals surface area contributed by atoms with Crippen molar-refractivity contribution in [3.05, 3.63) is 0 Å². The van der Waals surface area contributed by atoms with Gasteiger partial charge in [0.1, 0.15) is 17.7 Å². The first-order valence-corrected chi connectivity index (χ1v) is 7.94. The molecule has 2 aliphatic rings. The van der Waals surface area contributed by atoms with Crippen LogP contribution in [-0.2, 0) is 19.1 Å². The average molecular weight is 344 g/mol. The van der Waals surface area contributed by atoms with Crippen LogP contribution >= 0.6 is 0 Å². The smallest absolute Gasteiger partial charge is 0.411 e. The quantitative estimate of drug-likeness (QED) is 0.597. The van der Waals surface area contributed by atoms with Crippen LogP contribution in [0.25, 0.3) is 0 Å². The minimum Gasteiger partial charge on any atom is -0.480 e. The standard InChI is InChI=1S/C15H24N2O7/c1-15(2,3)24-14(22)17-7-5-9(11(17)12(19)20)23-13(21)10-8(18)4-6-16-10/h8-11,16,18H,4-7H2,1-3H3,(H,19,20)/t8-,9-,10-,11-/m0/s1. The number of esters is 1. The Balaban J connectivity index is 2.04. The van der Waals surface area contributed by atoms with Crippen molar-refractivity contribution in [3.63, 3.8) is 0 Å². The molecule has 2 aliphatic heterocycles. The number of aliphatic hydroxyl groups excluding tert-OH is 1. The lowest BCUT2D eigenvalue weighted by Gasteiger charge is -2.28. The minimum absolute atomic E-state index is 0.116. The van der Waals surface area contributed by atoms with Gasteiger partial charge in [-0.1, -0.05) is 0 Å². The molecule has 3 N–H and O–H groups in total. The van der Waals surface area contributed by atoms with Gasteiger partial charge in [-0.2, -0.15) is 0 Å². The second-order valence-corrected chi connectivity index (χ2v) is 7.01. The van der Waals surface area contributed by atoms with Crippen LogP contribution in [0.4, 0.5) is 4.79 Å². The van der Waals surface area contributed by atoms with Gasteiger partial charge in [0.05, 0.1) is 6.10 Å². The molecule has 2 rings (SSSR count). The number of hydrogen-bond donors (Lipinski definition) is 3. The molecule has 0 radical (unpaired) electrons. The Morgan fingerprint density at radius 3 is 2.38 bits per heavy atom. The number of likely N-dealkylation sites (tertiary alicyclic amines) is 1. The zero-order valence-corrected chi connectivity index (χ0v) is 14.0. The molecule has 0 bridgehead atoms. The number of ether oxygens (including phenoxy) is 2. The summed E-state index contributed by atoms with van der Waals surface area (Å²) < 4.78 is 10.5. The number of aliphatic carboxylic acids is 1. The normalized spacial score (nSPS) is 30.2. The second kappa shape index (κ2) is 6.94. The van der Waals surface area contributed by atoms with Crippen LogP contribution in [-0.4, -0.2) is 76.1 Å². The zero-order chi connectivity index (χ0) is 18.1. The number of hydrogen-bond acceptors (Lipinski definition) is 7. The van der Waals surface area contributed by atoms with Crippen LogP contribution in [0.3, 0.4) is 0 Å². The maximum absolute atomic E-state index is 12.2. The van der Waals surface area contributed by atoms with Crippen molar-refractivity contribution in [3.8, 4) is 0 Å². The van der Waals surface area contributed by atoms with E-state index in [1.807, 2.05) is 0 Å². The molecule has 0 aromatic heterocycles. The molecule has 0 unspecified atom stereocenters. The van der Waals surface area contributed by atoms with Gasteiger partial charge in [-0.05, 0) is 33.7 Å². The Morgan fingerprint density at radius 2 is 1.88 bits per heavy atom. The first kappa shape index (κ1) is 18.5. The third-order valence-electron chi connectivity index (χ3n) is 3.93. The van der Waals surface area contributed by atoms with Gasteiger partial charge in [-0.3, -0.25) is 9.69 Å². The summed E-state index contributed by atoms with van der Waals surface area (Å²) in [5.74, 6) is -1.97. The topological polar surface area (TPSA) is 125 Å². The van der Waals surface area contributed by atoms with E-state index in [9.17, 15) is 24.6 Å². The van der Waals surface area contributed by atoms with E-state index in [1.165, 1.54) is 0 Å². The van der Waals surface area contributed by atoms with Crippen molar-refractivity contribution in [2.75, 3.05) is 13.1 Å². The van der Waals surface area contributed by atoms with Crippen molar-refractivity contribution >= 4 is 18.0 Å². The fourth-order valence-corrected chi connectivity index (χ4v) is 2.86. The van der Waals surface area contributed by atoms with Gasteiger partial charge in [-0.25, -0.2) is 9.59 Å². The number of carboxylic acid groups (broad SMARTS) is 1. The lowest BCUT2D eigenvalue weighted by atomic mass is 10.1. The van der Waals surface area contributed by atoms with Crippen LogP contribution in [0.15, 0.2) is 0 Å². The molecule has 2 fully saturated rings. The third kappa shape index (κ3) is 4.15. The first-order chi connectivity index (χ1) is 11.1. The van der Waals surface area contributed by atoms with E-state index in [-0.39, 0.29) is 13.0 Å². The minimum atomic E-state index is -1.30. The average Bonchev–Trinajstić information content (AvgIpc) is 3.02. The summed E-state index contributed by atoms with van der Waals surface area (Å²) >= 11 is 0. The van der Waals surface area contributed by atoms with Crippen molar-refractivity contribution in [1.82, 2.24) is 10.2 Å². The predicted molar refractivity (Wildman–Crippen MR) is 81.3 cm³/mol. The van der Waals surface area contributed by atoms with Gasteiger partial charge in [-0.15, -0.1) is 0 Å². The molecule has 0 aliphatic carbocycles. The predicted octanol–water partition coefficient (Wildman–Crippen LogP) is -0.285. The Hall–Kier alpha value is -1.87. The van der Waals surface area contributed by atoms with Crippen LogP contribution in [0.2, 0.25) is 0 Å². The van der Waals surface area contributed by atoms with Gasteiger partial charge < -0.3 is 25.0 Å². The molecule has 0 aromatic carbocycles. The van der Waals surface area contributed by atoms with Gasteiger partial charge in [0.25, 0.3) is 0 Å². The maximum Gasteiger partial charge on any atom is 0.411 e. The summed E-state index contributed by atoms with van der Waals surface area (Å²) in [6.45, 7) is 5.65. The Labute approximate surface area is 139 Å². The van der Waals surface area contributed by atoms with Crippen molar-refractivity contribution in [2.24, 2.45) is 0 Å². The SMILES string of the molecule is CC(C)(C)OC(=O)N1CC[C@H](OC(=O)[C@H]2NCC[C@@H]2O)[C@H]1C(=O)O. The molecule has 0 spiro atoms. The highest BCUT2D eigenvalue weighted by molar-refractivity contribution is 5.83. The number of carbonyl (C=O) groups is 3. The largest absolute Gasteiger partial charge is 0.480 e. The molecule has 4 atom stereocenters. The van der Waals surface area contributed by atoms with Crippen molar-refractivity contribution < 1.29 is 34.1 Å². The molecule has 0 saturated carbocycles. The highest BCUT2D eigenvalue weighted by atomic mass is 16.6. The van der Waals surface area contributed by atoms with Crippen molar-refractivity contribution in [2.45, 2.75) is 63.5 Å². The van der Waals surface area contributed by atoms with Crippen LogP contribution in [0.1, 0.15) is 33.6 Å². The summed E-state index contributed by atoms with van der Waals surface area (Å²) in [7, 11) is 0. The summed E-state index contributed by atoms with van der Waals surface area (Å²) in [6.07, 6.45) is -1.96. The van der Waals surface area contributed by atoms with Gasteiger partial charge in [0, 0.05) is 13.0 Å². The number of carboxylic acids is 1. The lowest BCUT2D eigenvalue weighted by molar-refractivity contribution is -0.159. The molecule has 136 valence electrons. The Kier molecular flexibility index (Phi) is 5.34. The fraction of sp³-hybridized carbons (Fsp3) is 0.800. The molecule has 2 saturated heterocycles. The van der Waals surface area contributed by atoms with E-state index in [4.69, 9.17) is 9.47 Å². The molecule has 9 nitrogen and oxygen atoms in total. The fourth-order valence-electron chi connectivity index (χ4n) is 2.86. The number of amides is 1. The van der Waals surface area contributed by atoms with E-state index in [0.717, 1.165) is 4.90 Å². The number of rotatable bonds is 3. The number of aliphatic hydroxyl groups is 1. The summed E-state index contributed by atoms with van der Waals surface area (Å²) in [4.78, 5) is 36.9. The Bertz CT molecular complexity index is 516. The van der Waals surface area contributed by atoms with E-state index in [0.29, 0.717) is 13.0 Å². The Morgan fingerprint density at radius 1 is 1.21 bits per heavy atom. The first-order valence-electron chi connectivity index (χ1n) is 7.94. The number of carbonyl (C=O) groups excluding carboxylic acids is 2. The van der Waals surface area contributed by atoms with E-state index in [2.05, 4.69) is 5.32 Å². The van der Waals surface area contributed by atoms with Crippen LogP contribution < -0.4 is 5.32 Å². The molecule has 9 heteroatoms. The maximum atomic E-state index is 12.2. The van der Waals surface area contributed by atoms with E-state index in [1.54, 1.807) is 20.8 Å². The van der Waals surface area contributed by atoms with Gasteiger partial charge in [0.2, 0.25) is 0 Å². The zero-order valence-electron chi connectivity index (χ0n) is 14.0. The molecule has 0 aromatic rings. The van der Waals surface area contributed by atoms with E-state index < -0.39 is 47.9 Å². The number of nitrogens with zero attached hydrogens (tertiary/aromatic N) is 1. The van der Waals surface area contributed by atoms with Crippen LogP contribution in [0.5, 0.6) is 0 Å². The second-order valence-electron chi connectivity index (χ2n) is 7.01. The molecule has 1 amide bonds. The van der Waals surface area contributed by atoms with Crippen molar-refractivity contribution in [1.29, 1.82) is 0 Å². The highest BCUT2D eigenvalue weighted by Gasteiger charge is 2.47. The van der Waals surface area contributed by atoms with Gasteiger partial charge >= 0.3 is 18.0 Å². The molecular weight excluding hydrogens is 320 g/mol. The number of nitrogens with one attached hydrogen (secondary N) is 1. The van der Waals surface area contributed by atoms with Gasteiger partial charge in [0.15, 0.2) is 6.04 Å². The van der Waals surface area contributed by atoms with Crippen LogP contribution in [0, 0.1) is 0 Å². The summed E-state index contributed by atoms with van der Waals surface area (Å²) in [5, 5.41) is 21.9. The van der Waals surface area contributed by atoms with E-state index >= 15 is 0 Å². The summed E-state index contributed by atoms with van der Waals surface area (Å²) in [5.41, 5.74) is -0.757. The molecular formula is C15H24N2O7. The lowest BCUT2D eigenvalue weighted by Crippen LogP contribution is -2.49.